The third-order valence-electron chi connectivity index (χ3n) is 3.33. The highest BCUT2D eigenvalue weighted by Crippen LogP contribution is 2.25. The van der Waals surface area contributed by atoms with Gasteiger partial charge in [-0.25, -0.2) is 17.9 Å². The Kier molecular flexibility index (Phi) is 7.44. The molecule has 1 saturated carbocycles. The number of carbonyl (C=O) groups excluding carboxylic acids is 1. The molecule has 1 rings (SSSR count). The summed E-state index contributed by atoms with van der Waals surface area (Å²) >= 11 is 0. The molecule has 122 valence electrons. The van der Waals surface area contributed by atoms with Gasteiger partial charge in [0.1, 0.15) is 0 Å². The number of carboxylic acids is 1. The average molecular weight is 321 g/mol. The van der Waals surface area contributed by atoms with Crippen LogP contribution in [-0.4, -0.2) is 50.9 Å². The van der Waals surface area contributed by atoms with E-state index >= 15 is 0 Å². The molecule has 0 aromatic carbocycles. The predicted molar refractivity (Wildman–Crippen MR) is 77.4 cm³/mol. The number of rotatable bonds is 10. The van der Waals surface area contributed by atoms with Crippen LogP contribution in [0.1, 0.15) is 32.1 Å². The van der Waals surface area contributed by atoms with Gasteiger partial charge in [-0.05, 0) is 25.2 Å². The topological polar surface area (TPSA) is 125 Å². The summed E-state index contributed by atoms with van der Waals surface area (Å²) in [4.78, 5) is 21.6. The predicted octanol–water partition coefficient (Wildman–Crippen LogP) is -0.130. The Bertz CT molecular complexity index is 448. The number of hydrogen-bond acceptors (Lipinski definition) is 4. The van der Waals surface area contributed by atoms with Crippen LogP contribution in [0.4, 0.5) is 4.79 Å². The number of carbonyl (C=O) groups is 2. The zero-order valence-electron chi connectivity index (χ0n) is 11.9. The largest absolute Gasteiger partial charge is 0.481 e. The molecule has 0 saturated heterocycles. The first-order chi connectivity index (χ1) is 9.89. The zero-order chi connectivity index (χ0) is 15.7. The maximum absolute atomic E-state index is 11.6. The fourth-order valence-corrected chi connectivity index (χ4v) is 2.82. The van der Waals surface area contributed by atoms with E-state index in [1.807, 2.05) is 0 Å². The molecule has 0 aromatic rings. The van der Waals surface area contributed by atoms with Crippen LogP contribution >= 0.6 is 0 Å². The molecule has 8 nitrogen and oxygen atoms in total. The first kappa shape index (κ1) is 17.7. The lowest BCUT2D eigenvalue weighted by Gasteiger charge is -2.25. The average Bonchev–Trinajstić information content (AvgIpc) is 2.32. The molecule has 9 heteroatoms. The van der Waals surface area contributed by atoms with Crippen molar-refractivity contribution in [3.63, 3.8) is 0 Å². The van der Waals surface area contributed by atoms with Crippen molar-refractivity contribution in [2.24, 2.45) is 5.92 Å². The van der Waals surface area contributed by atoms with Crippen LogP contribution in [-0.2, 0) is 14.8 Å². The number of carboxylic acid groups (broad SMARTS) is 1. The Morgan fingerprint density at radius 2 is 1.81 bits per heavy atom. The molecule has 4 N–H and O–H groups in total. The Morgan fingerprint density at radius 3 is 2.38 bits per heavy atom. The highest BCUT2D eigenvalue weighted by Gasteiger charge is 2.20. The molecule has 1 aliphatic rings. The number of hydrogen-bond donors (Lipinski definition) is 4. The summed E-state index contributed by atoms with van der Waals surface area (Å²) in [5.74, 6) is -0.631. The van der Waals surface area contributed by atoms with E-state index in [0.717, 1.165) is 19.3 Å². The smallest absolute Gasteiger partial charge is 0.314 e. The lowest BCUT2D eigenvalue weighted by molar-refractivity contribution is -0.137. The second kappa shape index (κ2) is 8.83. The Morgan fingerprint density at radius 1 is 1.14 bits per heavy atom. The van der Waals surface area contributed by atoms with Crippen LogP contribution in [0.3, 0.4) is 0 Å². The van der Waals surface area contributed by atoms with Crippen molar-refractivity contribution in [1.29, 1.82) is 0 Å². The standard InChI is InChI=1S/C12H23N3O5S/c16-11(17)5-2-6-13-12(18)14-7-8-21(19,20)15-9-10-3-1-4-10/h10,15H,1-9H2,(H,16,17)(H2,13,14,18). The summed E-state index contributed by atoms with van der Waals surface area (Å²) in [7, 11) is -3.36. The summed E-state index contributed by atoms with van der Waals surface area (Å²) in [6, 6.07) is -0.491. The van der Waals surface area contributed by atoms with Crippen LogP contribution in [0, 0.1) is 5.92 Å². The van der Waals surface area contributed by atoms with E-state index in [4.69, 9.17) is 5.11 Å². The van der Waals surface area contributed by atoms with Gasteiger partial charge in [0.05, 0.1) is 5.75 Å². The van der Waals surface area contributed by atoms with Crippen molar-refractivity contribution in [2.75, 3.05) is 25.4 Å². The fourth-order valence-electron chi connectivity index (χ4n) is 1.82. The highest BCUT2D eigenvalue weighted by molar-refractivity contribution is 7.89. The van der Waals surface area contributed by atoms with Crippen LogP contribution in [0.15, 0.2) is 0 Å². The minimum absolute atomic E-state index is 0.0141. The Balaban J connectivity index is 2.05. The monoisotopic (exact) mass is 321 g/mol. The minimum atomic E-state index is -3.36. The van der Waals surface area contributed by atoms with Gasteiger partial charge >= 0.3 is 12.0 Å². The van der Waals surface area contributed by atoms with E-state index in [9.17, 15) is 18.0 Å². The van der Waals surface area contributed by atoms with Crippen LogP contribution in [0.5, 0.6) is 0 Å². The maximum atomic E-state index is 11.6. The zero-order valence-corrected chi connectivity index (χ0v) is 12.7. The van der Waals surface area contributed by atoms with Gasteiger partial charge in [-0.1, -0.05) is 6.42 Å². The molecule has 1 aliphatic carbocycles. The van der Waals surface area contributed by atoms with Gasteiger partial charge in [0.2, 0.25) is 10.0 Å². The minimum Gasteiger partial charge on any atom is -0.481 e. The summed E-state index contributed by atoms with van der Waals surface area (Å²) in [6.07, 6.45) is 3.62. The van der Waals surface area contributed by atoms with Crippen LogP contribution in [0.25, 0.3) is 0 Å². The molecule has 0 bridgehead atoms. The molecule has 0 radical (unpaired) electrons. The molecular weight excluding hydrogens is 298 g/mol. The number of sulfonamides is 1. The number of nitrogens with one attached hydrogen (secondary N) is 3. The van der Waals surface area contributed by atoms with Crippen LogP contribution in [0.2, 0.25) is 0 Å². The molecule has 0 atom stereocenters. The number of urea groups is 1. The van der Waals surface area contributed by atoms with Gasteiger partial charge in [-0.15, -0.1) is 0 Å². The third-order valence-corrected chi connectivity index (χ3v) is 4.67. The van der Waals surface area contributed by atoms with Crippen molar-refractivity contribution < 1.29 is 23.1 Å². The lowest BCUT2D eigenvalue weighted by Crippen LogP contribution is -2.41. The third kappa shape index (κ3) is 8.51. The second-order valence-corrected chi connectivity index (χ2v) is 7.07. The normalized spacial score (nSPS) is 15.2. The van der Waals surface area contributed by atoms with Gasteiger partial charge < -0.3 is 15.7 Å². The summed E-state index contributed by atoms with van der Waals surface area (Å²) < 4.78 is 25.8. The van der Waals surface area contributed by atoms with Gasteiger partial charge in [-0.2, -0.15) is 0 Å². The van der Waals surface area contributed by atoms with Crippen molar-refractivity contribution in [1.82, 2.24) is 15.4 Å². The Labute approximate surface area is 124 Å². The molecular formula is C12H23N3O5S. The summed E-state index contributed by atoms with van der Waals surface area (Å²) in [5, 5.41) is 13.3. The SMILES string of the molecule is O=C(O)CCCNC(=O)NCCS(=O)(=O)NCC1CCC1. The van der Waals surface area contributed by atoms with Gasteiger partial charge in [0.25, 0.3) is 0 Å². The Hall–Kier alpha value is -1.35. The van der Waals surface area contributed by atoms with E-state index < -0.39 is 22.0 Å². The van der Waals surface area contributed by atoms with Crippen molar-refractivity contribution in [2.45, 2.75) is 32.1 Å². The van der Waals surface area contributed by atoms with Crippen LogP contribution < -0.4 is 15.4 Å². The highest BCUT2D eigenvalue weighted by atomic mass is 32.2. The first-order valence-electron chi connectivity index (χ1n) is 7.10. The molecule has 0 aromatic heterocycles. The summed E-state index contributed by atoms with van der Waals surface area (Å²) in [6.45, 7) is 0.735. The van der Waals surface area contributed by atoms with Gasteiger partial charge in [0, 0.05) is 26.1 Å². The van der Waals surface area contributed by atoms with Crippen molar-refractivity contribution >= 4 is 22.0 Å². The fraction of sp³-hybridized carbons (Fsp3) is 0.833. The first-order valence-corrected chi connectivity index (χ1v) is 8.75. The summed E-state index contributed by atoms with van der Waals surface area (Å²) in [5.41, 5.74) is 0. The van der Waals surface area contributed by atoms with Crippen molar-refractivity contribution in [3.05, 3.63) is 0 Å². The molecule has 1 fully saturated rings. The lowest BCUT2D eigenvalue weighted by atomic mass is 9.86. The van der Waals surface area contributed by atoms with Gasteiger partial charge in [0.15, 0.2) is 0 Å². The van der Waals surface area contributed by atoms with E-state index in [0.29, 0.717) is 18.9 Å². The van der Waals surface area contributed by atoms with Gasteiger partial charge in [-0.3, -0.25) is 4.79 Å². The number of amides is 2. The number of aliphatic carboxylic acids is 1. The molecule has 0 heterocycles. The van der Waals surface area contributed by atoms with E-state index in [1.165, 1.54) is 0 Å². The quantitative estimate of drug-likeness (QED) is 0.417. The maximum Gasteiger partial charge on any atom is 0.314 e. The van der Waals surface area contributed by atoms with E-state index in [1.54, 1.807) is 0 Å². The molecule has 0 aliphatic heterocycles. The van der Waals surface area contributed by atoms with E-state index in [2.05, 4.69) is 15.4 Å². The molecule has 21 heavy (non-hydrogen) atoms. The molecule has 2 amide bonds. The molecule has 0 unspecified atom stereocenters. The van der Waals surface area contributed by atoms with E-state index in [-0.39, 0.29) is 25.3 Å². The second-order valence-electron chi connectivity index (χ2n) is 5.14. The molecule has 0 spiro atoms. The van der Waals surface area contributed by atoms with Crippen molar-refractivity contribution in [3.8, 4) is 0 Å².